The van der Waals surface area contributed by atoms with Crippen LogP contribution in [0.4, 0.5) is 0 Å². The number of benzene rings is 2. The Balaban J connectivity index is 1.93. The van der Waals surface area contributed by atoms with Crippen LogP contribution < -0.4 is 9.13 Å². The molecule has 1 aliphatic rings. The van der Waals surface area contributed by atoms with Gasteiger partial charge in [-0.1, -0.05) is 28.8 Å². The summed E-state index contributed by atoms with van der Waals surface area (Å²) in [6.45, 7) is 0.932. The summed E-state index contributed by atoms with van der Waals surface area (Å²) in [4.78, 5) is 0. The minimum absolute atomic E-state index is 0.932. The van der Waals surface area contributed by atoms with E-state index in [0.29, 0.717) is 0 Å². The van der Waals surface area contributed by atoms with Gasteiger partial charge in [0, 0.05) is 29.0 Å². The number of fused-ring (bicyclic) bond motifs is 7. The minimum atomic E-state index is 0.932. The molecule has 2 aromatic heterocycles. The molecule has 2 aromatic carbocycles. The first-order chi connectivity index (χ1) is 10.4. The average molecular weight is 270 g/mol. The molecule has 0 bridgehead atoms. The lowest BCUT2D eigenvalue weighted by molar-refractivity contribution is -0.710. The van der Waals surface area contributed by atoms with Crippen molar-refractivity contribution in [2.45, 2.75) is 6.54 Å². The van der Waals surface area contributed by atoms with Gasteiger partial charge in [-0.05, 0) is 24.3 Å². The highest BCUT2D eigenvalue weighted by atomic mass is 15.2. The second kappa shape index (κ2) is 3.89. The van der Waals surface area contributed by atoms with Crippen molar-refractivity contribution in [3.8, 4) is 5.82 Å². The molecule has 5 rings (SSSR count). The van der Waals surface area contributed by atoms with Crippen molar-refractivity contribution in [2.75, 3.05) is 0 Å². The maximum atomic E-state index is 2.40. The molecule has 3 heterocycles. The van der Waals surface area contributed by atoms with Crippen LogP contribution in [0.2, 0.25) is 0 Å². The molecule has 98 valence electrons. The lowest BCUT2D eigenvalue weighted by Crippen LogP contribution is -2.40. The molecule has 0 saturated carbocycles. The van der Waals surface area contributed by atoms with E-state index in [0.717, 1.165) is 6.54 Å². The Morgan fingerprint density at radius 3 is 2.14 bits per heavy atom. The van der Waals surface area contributed by atoms with Crippen molar-refractivity contribution in [1.82, 2.24) is 0 Å². The maximum Gasteiger partial charge on any atom is 0.451 e. The van der Waals surface area contributed by atoms with Gasteiger partial charge in [-0.15, -0.1) is 4.57 Å². The second-order valence-electron chi connectivity index (χ2n) is 5.56. The van der Waals surface area contributed by atoms with Gasteiger partial charge in [0.25, 0.3) is 5.69 Å². The fourth-order valence-corrected chi connectivity index (χ4v) is 3.42. The number of hydrogen-bond acceptors (Lipinski definition) is 0. The Hall–Kier alpha value is -2.74. The first-order valence-corrected chi connectivity index (χ1v) is 7.26. The smallest absolute Gasteiger partial charge is 0.124 e. The zero-order chi connectivity index (χ0) is 13.8. The number of hydrogen-bond donors (Lipinski definition) is 0. The van der Waals surface area contributed by atoms with Gasteiger partial charge in [-0.3, -0.25) is 0 Å². The summed E-state index contributed by atoms with van der Waals surface area (Å²) in [5, 5.41) is 2.57. The van der Waals surface area contributed by atoms with Crippen molar-refractivity contribution in [3.05, 3.63) is 78.5 Å². The monoisotopic (exact) mass is 270 g/mol. The van der Waals surface area contributed by atoms with Crippen molar-refractivity contribution in [2.24, 2.45) is 0 Å². The minimum Gasteiger partial charge on any atom is -0.124 e. The molecule has 0 saturated heterocycles. The third-order valence-corrected chi connectivity index (χ3v) is 4.39. The quantitative estimate of drug-likeness (QED) is 0.382. The molecule has 0 aliphatic carbocycles. The lowest BCUT2D eigenvalue weighted by atomic mass is 10.2. The lowest BCUT2D eigenvalue weighted by Gasteiger charge is -1.96. The molecule has 0 fully saturated rings. The Bertz CT molecular complexity index is 1020. The maximum absolute atomic E-state index is 2.40. The second-order valence-corrected chi connectivity index (χ2v) is 5.56. The molecular formula is C19H14N2+2. The van der Waals surface area contributed by atoms with Crippen LogP contribution in [0.3, 0.4) is 0 Å². The van der Waals surface area contributed by atoms with Crippen LogP contribution in [0, 0.1) is 0 Å². The number of aromatic nitrogens is 2. The van der Waals surface area contributed by atoms with Crippen molar-refractivity contribution >= 4 is 21.8 Å². The predicted molar refractivity (Wildman–Crippen MR) is 82.3 cm³/mol. The van der Waals surface area contributed by atoms with Crippen LogP contribution in [0.1, 0.15) is 5.69 Å². The number of pyridine rings is 2. The molecule has 4 aromatic rings. The Labute approximate surface area is 122 Å². The number of para-hydroxylation sites is 2. The molecule has 0 radical (unpaired) electrons. The van der Waals surface area contributed by atoms with Crippen LogP contribution in [-0.4, -0.2) is 0 Å². The Morgan fingerprint density at radius 2 is 1.29 bits per heavy atom. The molecule has 0 atom stereocenters. The number of rotatable bonds is 0. The van der Waals surface area contributed by atoms with Crippen molar-refractivity contribution < 1.29 is 9.13 Å². The first kappa shape index (κ1) is 11.0. The van der Waals surface area contributed by atoms with Gasteiger partial charge in [0.1, 0.15) is 0 Å². The third kappa shape index (κ3) is 1.42. The molecular weight excluding hydrogens is 256 g/mol. The molecule has 0 amide bonds. The van der Waals surface area contributed by atoms with E-state index in [-0.39, 0.29) is 0 Å². The zero-order valence-corrected chi connectivity index (χ0v) is 11.5. The van der Waals surface area contributed by atoms with E-state index in [2.05, 4.69) is 81.9 Å². The van der Waals surface area contributed by atoms with Crippen molar-refractivity contribution in [1.29, 1.82) is 0 Å². The van der Waals surface area contributed by atoms with E-state index in [1.807, 2.05) is 0 Å². The molecule has 2 nitrogen and oxygen atoms in total. The van der Waals surface area contributed by atoms with Gasteiger partial charge in [0.2, 0.25) is 17.6 Å². The molecule has 0 unspecified atom stereocenters. The third-order valence-electron chi connectivity index (χ3n) is 4.39. The van der Waals surface area contributed by atoms with Gasteiger partial charge in [-0.25, -0.2) is 0 Å². The van der Waals surface area contributed by atoms with E-state index < -0.39 is 0 Å². The van der Waals surface area contributed by atoms with Gasteiger partial charge in [-0.2, -0.15) is 0 Å². The van der Waals surface area contributed by atoms with Crippen LogP contribution in [-0.2, 0) is 6.54 Å². The van der Waals surface area contributed by atoms with Gasteiger partial charge < -0.3 is 0 Å². The highest BCUT2D eigenvalue weighted by molar-refractivity contribution is 5.77. The summed E-state index contributed by atoms with van der Waals surface area (Å²) in [6, 6.07) is 26.1. The van der Waals surface area contributed by atoms with E-state index in [4.69, 9.17) is 0 Å². The summed E-state index contributed by atoms with van der Waals surface area (Å²) < 4.78 is 4.78. The van der Waals surface area contributed by atoms with E-state index in [9.17, 15) is 0 Å². The number of nitrogens with zero attached hydrogens (tertiary/aromatic N) is 2. The first-order valence-electron chi connectivity index (χ1n) is 7.26. The van der Waals surface area contributed by atoms with Crippen LogP contribution in [0.15, 0.2) is 72.8 Å². The molecule has 0 N–H and O–H groups in total. The van der Waals surface area contributed by atoms with Gasteiger partial charge in [0.05, 0.1) is 6.07 Å². The Morgan fingerprint density at radius 1 is 0.619 bits per heavy atom. The Kier molecular flexibility index (Phi) is 2.03. The van der Waals surface area contributed by atoms with Crippen molar-refractivity contribution in [3.63, 3.8) is 0 Å². The molecule has 21 heavy (non-hydrogen) atoms. The van der Waals surface area contributed by atoms with Gasteiger partial charge in [0.15, 0.2) is 0 Å². The summed E-state index contributed by atoms with van der Waals surface area (Å²) >= 11 is 0. The van der Waals surface area contributed by atoms with Crippen LogP contribution in [0.5, 0.6) is 0 Å². The fourth-order valence-electron chi connectivity index (χ4n) is 3.42. The van der Waals surface area contributed by atoms with Gasteiger partial charge >= 0.3 is 5.82 Å². The largest absolute Gasteiger partial charge is 0.451 e. The highest BCUT2D eigenvalue weighted by Gasteiger charge is 2.37. The van der Waals surface area contributed by atoms with Crippen LogP contribution in [0.25, 0.3) is 27.6 Å². The molecule has 2 heteroatoms. The summed E-state index contributed by atoms with van der Waals surface area (Å²) in [5.41, 5.74) is 3.91. The van der Waals surface area contributed by atoms with E-state index in [1.54, 1.807) is 0 Å². The summed E-state index contributed by atoms with van der Waals surface area (Å²) in [6.07, 6.45) is 0. The standard InChI is InChI=1S/C19H14N2/c1-3-7-17-14(5-1)10-12-19-20(17)13-16-11-9-15-6-2-4-8-18(15)21(16)19/h1-12H,13H2/q+2. The normalized spacial score (nSPS) is 12.6. The van der Waals surface area contributed by atoms with E-state index in [1.165, 1.54) is 33.3 Å². The zero-order valence-electron chi connectivity index (χ0n) is 11.5. The van der Waals surface area contributed by atoms with Crippen LogP contribution >= 0.6 is 0 Å². The summed E-state index contributed by atoms with van der Waals surface area (Å²) in [7, 11) is 0. The average Bonchev–Trinajstić information content (AvgIpc) is 2.94. The topological polar surface area (TPSA) is 7.76 Å². The van der Waals surface area contributed by atoms with E-state index >= 15 is 0 Å². The fraction of sp³-hybridized carbons (Fsp3) is 0.0526. The SMILES string of the molecule is c1ccc2c(c1)ccc1[n+]2Cc2ccc3ccccc3[n+]2-1. The highest BCUT2D eigenvalue weighted by Crippen LogP contribution is 2.19. The molecule has 0 spiro atoms. The molecule has 1 aliphatic heterocycles. The predicted octanol–water partition coefficient (Wildman–Crippen LogP) is 2.92. The summed E-state index contributed by atoms with van der Waals surface area (Å²) in [5.74, 6) is 1.25.